The molecule has 2 N–H and O–H groups in total. The van der Waals surface area contributed by atoms with E-state index in [1.807, 2.05) is 23.1 Å². The number of carbonyl (C=O) groups is 1. The van der Waals surface area contributed by atoms with Gasteiger partial charge in [0.2, 0.25) is 5.91 Å². The molecule has 1 aromatic carbocycles. The minimum Gasteiger partial charge on any atom is -0.341 e. The summed E-state index contributed by atoms with van der Waals surface area (Å²) in [7, 11) is 0. The number of halogens is 1. The van der Waals surface area contributed by atoms with E-state index >= 15 is 0 Å². The van der Waals surface area contributed by atoms with Crippen LogP contribution in [0.5, 0.6) is 0 Å². The minimum absolute atomic E-state index is 0.0897. The van der Waals surface area contributed by atoms with Crippen molar-refractivity contribution in [3.8, 4) is 0 Å². The summed E-state index contributed by atoms with van der Waals surface area (Å²) in [6.07, 6.45) is 1.90. The Bertz CT molecular complexity index is 436. The molecule has 1 fully saturated rings. The van der Waals surface area contributed by atoms with Crippen LogP contribution < -0.4 is 5.73 Å². The Morgan fingerprint density at radius 2 is 2.28 bits per heavy atom. The number of nitrogens with zero attached hydrogens (tertiary/aromatic N) is 1. The lowest BCUT2D eigenvalue weighted by molar-refractivity contribution is -0.130. The first-order chi connectivity index (χ1) is 8.54. The van der Waals surface area contributed by atoms with Crippen molar-refractivity contribution in [3.63, 3.8) is 0 Å². The van der Waals surface area contributed by atoms with Crippen molar-refractivity contribution >= 4 is 17.5 Å². The third kappa shape index (κ3) is 3.47. The maximum atomic E-state index is 11.4. The van der Waals surface area contributed by atoms with E-state index in [0.717, 1.165) is 24.4 Å². The van der Waals surface area contributed by atoms with Crippen molar-refractivity contribution in [2.75, 3.05) is 13.1 Å². The fourth-order valence-electron chi connectivity index (χ4n) is 2.65. The number of piperidine rings is 1. The fraction of sp³-hybridized carbons (Fsp3) is 0.500. The number of amides is 1. The van der Waals surface area contributed by atoms with Gasteiger partial charge in [0.05, 0.1) is 0 Å². The molecule has 0 radical (unpaired) electrons. The largest absolute Gasteiger partial charge is 0.341 e. The van der Waals surface area contributed by atoms with Crippen LogP contribution in [0.25, 0.3) is 0 Å². The maximum absolute atomic E-state index is 11.4. The van der Waals surface area contributed by atoms with Gasteiger partial charge in [0.25, 0.3) is 0 Å². The number of carbonyl (C=O) groups excluding carboxylic acids is 1. The highest BCUT2D eigenvalue weighted by Gasteiger charge is 2.26. The van der Waals surface area contributed by atoms with Gasteiger partial charge >= 0.3 is 0 Å². The molecular weight excluding hydrogens is 248 g/mol. The first-order valence-electron chi connectivity index (χ1n) is 6.30. The Hall–Kier alpha value is -1.06. The predicted octanol–water partition coefficient (Wildman–Crippen LogP) is 2.08. The molecular formula is C14H19ClN2O. The summed E-state index contributed by atoms with van der Waals surface area (Å²) in [5, 5.41) is 0.760. The third-order valence-corrected chi connectivity index (χ3v) is 3.66. The average molecular weight is 267 g/mol. The molecule has 1 amide bonds. The van der Waals surface area contributed by atoms with Crippen molar-refractivity contribution in [1.29, 1.82) is 0 Å². The van der Waals surface area contributed by atoms with E-state index in [9.17, 15) is 4.79 Å². The average Bonchev–Trinajstić information content (AvgIpc) is 2.28. The molecule has 0 aliphatic carbocycles. The van der Waals surface area contributed by atoms with Gasteiger partial charge in [-0.1, -0.05) is 23.7 Å². The van der Waals surface area contributed by atoms with Crippen LogP contribution >= 0.6 is 11.6 Å². The van der Waals surface area contributed by atoms with Crippen LogP contribution in [0.15, 0.2) is 24.3 Å². The van der Waals surface area contributed by atoms with Gasteiger partial charge in [-0.25, -0.2) is 0 Å². The van der Waals surface area contributed by atoms with E-state index in [-0.39, 0.29) is 11.9 Å². The number of benzene rings is 1. The predicted molar refractivity (Wildman–Crippen MR) is 73.5 cm³/mol. The van der Waals surface area contributed by atoms with Crippen molar-refractivity contribution < 1.29 is 4.79 Å². The topological polar surface area (TPSA) is 46.3 Å². The van der Waals surface area contributed by atoms with Gasteiger partial charge in [-0.05, 0) is 36.5 Å². The summed E-state index contributed by atoms with van der Waals surface area (Å²) < 4.78 is 0. The maximum Gasteiger partial charge on any atom is 0.219 e. The molecule has 0 saturated carbocycles. The van der Waals surface area contributed by atoms with Crippen molar-refractivity contribution in [2.45, 2.75) is 25.8 Å². The van der Waals surface area contributed by atoms with Crippen LogP contribution in [-0.4, -0.2) is 29.9 Å². The van der Waals surface area contributed by atoms with Gasteiger partial charge in [-0.3, -0.25) is 4.79 Å². The van der Waals surface area contributed by atoms with E-state index in [2.05, 4.69) is 6.07 Å². The Labute approximate surface area is 113 Å². The lowest BCUT2D eigenvalue weighted by Crippen LogP contribution is -2.49. The fourth-order valence-corrected chi connectivity index (χ4v) is 2.86. The number of nitrogens with two attached hydrogens (primary N) is 1. The van der Waals surface area contributed by atoms with E-state index < -0.39 is 0 Å². The Balaban J connectivity index is 2.02. The second-order valence-corrected chi connectivity index (χ2v) is 5.56. The summed E-state index contributed by atoms with van der Waals surface area (Å²) >= 11 is 5.98. The van der Waals surface area contributed by atoms with Gasteiger partial charge in [-0.15, -0.1) is 0 Å². The zero-order valence-corrected chi connectivity index (χ0v) is 11.4. The van der Waals surface area contributed by atoms with Crippen molar-refractivity contribution in [1.82, 2.24) is 4.90 Å². The lowest BCUT2D eigenvalue weighted by atomic mass is 9.89. The smallest absolute Gasteiger partial charge is 0.219 e. The number of hydrogen-bond donors (Lipinski definition) is 1. The van der Waals surface area contributed by atoms with Gasteiger partial charge < -0.3 is 10.6 Å². The van der Waals surface area contributed by atoms with Crippen molar-refractivity contribution in [2.24, 2.45) is 11.7 Å². The summed E-state index contributed by atoms with van der Waals surface area (Å²) in [5.74, 6) is 0.539. The molecule has 1 aliphatic rings. The summed E-state index contributed by atoms with van der Waals surface area (Å²) in [4.78, 5) is 13.3. The first-order valence-corrected chi connectivity index (χ1v) is 6.68. The molecule has 0 spiro atoms. The quantitative estimate of drug-likeness (QED) is 0.891. The standard InChI is InChI=1S/C14H19ClN2O/c1-10(18)17-8-12(7-14(16)9-17)5-11-3-2-4-13(15)6-11/h2-4,6,12,14H,5,7-9,16H2,1H3. The zero-order chi connectivity index (χ0) is 13.1. The lowest BCUT2D eigenvalue weighted by Gasteiger charge is -2.36. The monoisotopic (exact) mass is 266 g/mol. The Morgan fingerprint density at radius 3 is 2.94 bits per heavy atom. The third-order valence-electron chi connectivity index (χ3n) is 3.43. The van der Waals surface area contributed by atoms with Gasteiger partial charge in [-0.2, -0.15) is 0 Å². The molecule has 2 atom stereocenters. The molecule has 2 rings (SSSR count). The number of rotatable bonds is 2. The van der Waals surface area contributed by atoms with E-state index in [1.54, 1.807) is 6.92 Å². The molecule has 18 heavy (non-hydrogen) atoms. The number of hydrogen-bond acceptors (Lipinski definition) is 2. The van der Waals surface area contributed by atoms with Crippen LogP contribution in [0, 0.1) is 5.92 Å². The van der Waals surface area contributed by atoms with Gasteiger partial charge in [0, 0.05) is 31.1 Å². The molecule has 1 aliphatic heterocycles. The van der Waals surface area contributed by atoms with Gasteiger partial charge in [0.15, 0.2) is 0 Å². The molecule has 1 aromatic rings. The normalized spacial score (nSPS) is 24.1. The summed E-state index contributed by atoms with van der Waals surface area (Å²) in [6.45, 7) is 3.09. The molecule has 1 heterocycles. The Kier molecular flexibility index (Phi) is 4.25. The van der Waals surface area contributed by atoms with Crippen LogP contribution in [-0.2, 0) is 11.2 Å². The molecule has 98 valence electrons. The molecule has 2 unspecified atom stereocenters. The number of likely N-dealkylation sites (tertiary alicyclic amines) is 1. The Morgan fingerprint density at radius 1 is 1.50 bits per heavy atom. The second kappa shape index (κ2) is 5.72. The highest BCUT2D eigenvalue weighted by Crippen LogP contribution is 2.22. The molecule has 3 nitrogen and oxygen atoms in total. The first kappa shape index (κ1) is 13.4. The van der Waals surface area contributed by atoms with E-state index in [1.165, 1.54) is 5.56 Å². The zero-order valence-electron chi connectivity index (χ0n) is 10.6. The molecule has 1 saturated heterocycles. The molecule has 4 heteroatoms. The van der Waals surface area contributed by atoms with Crippen molar-refractivity contribution in [3.05, 3.63) is 34.9 Å². The van der Waals surface area contributed by atoms with E-state index in [0.29, 0.717) is 12.5 Å². The summed E-state index contributed by atoms with van der Waals surface area (Å²) in [5.41, 5.74) is 7.23. The SMILES string of the molecule is CC(=O)N1CC(N)CC(Cc2cccc(Cl)c2)C1. The second-order valence-electron chi connectivity index (χ2n) is 5.12. The minimum atomic E-state index is 0.0897. The van der Waals surface area contributed by atoms with Crippen LogP contribution in [0.4, 0.5) is 0 Å². The molecule has 0 bridgehead atoms. The highest BCUT2D eigenvalue weighted by molar-refractivity contribution is 6.30. The molecule has 0 aromatic heterocycles. The highest BCUT2D eigenvalue weighted by atomic mass is 35.5. The van der Waals surface area contributed by atoms with Crippen LogP contribution in [0.3, 0.4) is 0 Å². The van der Waals surface area contributed by atoms with E-state index in [4.69, 9.17) is 17.3 Å². The van der Waals surface area contributed by atoms with Crippen LogP contribution in [0.1, 0.15) is 18.9 Å². The van der Waals surface area contributed by atoms with Gasteiger partial charge in [0.1, 0.15) is 0 Å². The van der Waals surface area contributed by atoms with Crippen LogP contribution in [0.2, 0.25) is 5.02 Å². The summed E-state index contributed by atoms with van der Waals surface area (Å²) in [6, 6.07) is 7.99.